The van der Waals surface area contributed by atoms with Gasteiger partial charge in [-0.25, -0.2) is 14.9 Å². The fraction of sp³-hybridized carbons (Fsp3) is 0.417. The minimum absolute atomic E-state index is 0.695. The lowest BCUT2D eigenvalue weighted by atomic mass is 10.2. The Hall–Kier alpha value is -1.59. The summed E-state index contributed by atoms with van der Waals surface area (Å²) in [5.74, 6) is 0. The smallest absolute Gasteiger partial charge is 0.296 e. The third kappa shape index (κ3) is 3.72. The van der Waals surface area contributed by atoms with E-state index in [0.29, 0.717) is 13.1 Å². The lowest BCUT2D eigenvalue weighted by molar-refractivity contribution is 0.0722. The second kappa shape index (κ2) is 5.65. The van der Waals surface area contributed by atoms with E-state index in [9.17, 15) is 9.90 Å². The van der Waals surface area contributed by atoms with Crippen LogP contribution in [-0.2, 0) is 11.7 Å². The van der Waals surface area contributed by atoms with E-state index in [1.54, 1.807) is 5.01 Å². The molecule has 5 nitrogen and oxygen atoms in total. The van der Waals surface area contributed by atoms with Crippen LogP contribution >= 0.6 is 0 Å². The number of hydrogen-bond donors (Lipinski definition) is 1. The lowest BCUT2D eigenvalue weighted by Crippen LogP contribution is -2.52. The van der Waals surface area contributed by atoms with Crippen molar-refractivity contribution in [2.24, 2.45) is 0 Å². The van der Waals surface area contributed by atoms with Gasteiger partial charge < -0.3 is 0 Å². The summed E-state index contributed by atoms with van der Waals surface area (Å²) in [6, 6.07) is 10.3. The van der Waals surface area contributed by atoms with Crippen LogP contribution in [0, 0.1) is 0 Å². The highest BCUT2D eigenvalue weighted by Gasteiger charge is 2.18. The third-order valence-corrected chi connectivity index (χ3v) is 2.87. The highest BCUT2D eigenvalue weighted by atomic mass is 16.4. The third-order valence-electron chi connectivity index (χ3n) is 2.87. The first-order valence-corrected chi connectivity index (χ1v) is 5.73. The molecule has 1 amide bonds. The van der Waals surface area contributed by atoms with Crippen LogP contribution in [0.1, 0.15) is 5.56 Å². The summed E-state index contributed by atoms with van der Waals surface area (Å²) in [6.07, 6.45) is -1.23. The van der Waals surface area contributed by atoms with Crippen molar-refractivity contribution in [1.82, 2.24) is 15.3 Å². The van der Waals surface area contributed by atoms with Crippen molar-refractivity contribution >= 4 is 6.09 Å². The van der Waals surface area contributed by atoms with Crippen molar-refractivity contribution in [3.8, 4) is 0 Å². The zero-order valence-electron chi connectivity index (χ0n) is 9.63. The van der Waals surface area contributed by atoms with E-state index in [1.165, 1.54) is 5.56 Å². The number of nitrogens with one attached hydrogen (secondary N) is 1. The number of hydrazine groups is 1. The quantitative estimate of drug-likeness (QED) is 0.844. The van der Waals surface area contributed by atoms with Crippen LogP contribution in [-0.4, -0.2) is 42.2 Å². The molecule has 0 aromatic heterocycles. The topological polar surface area (TPSA) is 55.5 Å². The van der Waals surface area contributed by atoms with Crippen LogP contribution in [0.5, 0.6) is 0 Å². The van der Waals surface area contributed by atoms with E-state index in [1.807, 2.05) is 18.2 Å². The standard InChI is InChI=1S/C12H16N3O2/c16-12(17)13-15-8-6-14(7-9-15)10-11-4-2-1-3-5-11/h1-5,13H,6-10H2. The summed E-state index contributed by atoms with van der Waals surface area (Å²) in [6.45, 7) is 4.02. The lowest BCUT2D eigenvalue weighted by Gasteiger charge is -2.33. The highest BCUT2D eigenvalue weighted by Crippen LogP contribution is 2.07. The Morgan fingerprint density at radius 2 is 1.76 bits per heavy atom. The van der Waals surface area contributed by atoms with E-state index in [-0.39, 0.29) is 0 Å². The first-order chi connectivity index (χ1) is 8.24. The van der Waals surface area contributed by atoms with E-state index < -0.39 is 6.09 Å². The number of benzene rings is 1. The molecule has 91 valence electrons. The molecule has 0 bridgehead atoms. The molecule has 2 rings (SSSR count). The minimum atomic E-state index is -1.23. The summed E-state index contributed by atoms with van der Waals surface area (Å²) in [5.41, 5.74) is 3.56. The molecule has 1 aliphatic rings. The SMILES string of the molecule is [O]C(=O)NN1CCN(Cc2ccccc2)CC1. The molecule has 0 saturated carbocycles. The fourth-order valence-corrected chi connectivity index (χ4v) is 1.99. The van der Waals surface area contributed by atoms with Crippen molar-refractivity contribution in [3.05, 3.63) is 35.9 Å². The Labute approximate surface area is 101 Å². The van der Waals surface area contributed by atoms with Crippen molar-refractivity contribution in [1.29, 1.82) is 0 Å². The van der Waals surface area contributed by atoms with Gasteiger partial charge >= 0.3 is 6.09 Å². The molecule has 1 fully saturated rings. The second-order valence-corrected chi connectivity index (χ2v) is 4.15. The van der Waals surface area contributed by atoms with Gasteiger partial charge in [0.25, 0.3) is 0 Å². The predicted octanol–water partition coefficient (Wildman–Crippen LogP) is 0.859. The van der Waals surface area contributed by atoms with E-state index >= 15 is 0 Å². The summed E-state index contributed by atoms with van der Waals surface area (Å²) in [5, 5.41) is 12.0. The first kappa shape index (κ1) is 11.9. The average Bonchev–Trinajstić information content (AvgIpc) is 2.32. The molecule has 0 atom stereocenters. The number of amides is 1. The van der Waals surface area contributed by atoms with E-state index in [4.69, 9.17) is 0 Å². The molecule has 0 spiro atoms. The number of hydrogen-bond acceptors (Lipinski definition) is 3. The molecule has 1 aromatic carbocycles. The molecule has 1 heterocycles. The van der Waals surface area contributed by atoms with Gasteiger partial charge in [-0.15, -0.1) is 0 Å². The maximum Gasteiger partial charge on any atom is 0.464 e. The van der Waals surface area contributed by atoms with Gasteiger partial charge in [-0.05, 0) is 5.56 Å². The predicted molar refractivity (Wildman–Crippen MR) is 62.5 cm³/mol. The fourth-order valence-electron chi connectivity index (χ4n) is 1.99. The Morgan fingerprint density at radius 1 is 1.12 bits per heavy atom. The number of carbonyl (C=O) groups excluding carboxylic acids is 1. The van der Waals surface area contributed by atoms with Crippen LogP contribution in [0.2, 0.25) is 0 Å². The molecule has 1 radical (unpaired) electrons. The number of nitrogens with zero attached hydrogens (tertiary/aromatic N) is 2. The highest BCUT2D eigenvalue weighted by molar-refractivity contribution is 5.63. The van der Waals surface area contributed by atoms with Gasteiger partial charge in [0.2, 0.25) is 0 Å². The van der Waals surface area contributed by atoms with Gasteiger partial charge in [0.1, 0.15) is 0 Å². The van der Waals surface area contributed by atoms with E-state index in [0.717, 1.165) is 19.6 Å². The van der Waals surface area contributed by atoms with Gasteiger partial charge in [-0.1, -0.05) is 30.3 Å². The molecule has 1 N–H and O–H groups in total. The molecule has 5 heteroatoms. The number of rotatable bonds is 3. The van der Waals surface area contributed by atoms with Crippen LogP contribution < -0.4 is 5.43 Å². The maximum atomic E-state index is 10.4. The summed E-state index contributed by atoms with van der Waals surface area (Å²) < 4.78 is 0. The first-order valence-electron chi connectivity index (χ1n) is 5.73. The Kier molecular flexibility index (Phi) is 3.95. The van der Waals surface area contributed by atoms with Gasteiger partial charge in [0.05, 0.1) is 0 Å². The average molecular weight is 234 g/mol. The monoisotopic (exact) mass is 234 g/mol. The summed E-state index contributed by atoms with van der Waals surface area (Å²) in [7, 11) is 0. The normalized spacial score (nSPS) is 17.9. The van der Waals surface area contributed by atoms with Gasteiger partial charge in [0, 0.05) is 32.7 Å². The summed E-state index contributed by atoms with van der Waals surface area (Å²) >= 11 is 0. The molecular formula is C12H16N3O2. The van der Waals surface area contributed by atoms with Gasteiger partial charge in [-0.2, -0.15) is 0 Å². The minimum Gasteiger partial charge on any atom is -0.296 e. The maximum absolute atomic E-state index is 10.4. The molecule has 0 unspecified atom stereocenters. The molecule has 1 aliphatic heterocycles. The Balaban J connectivity index is 1.78. The molecular weight excluding hydrogens is 218 g/mol. The zero-order valence-corrected chi connectivity index (χ0v) is 9.63. The van der Waals surface area contributed by atoms with Crippen molar-refractivity contribution in [2.45, 2.75) is 6.54 Å². The number of carbonyl (C=O) groups is 1. The largest absolute Gasteiger partial charge is 0.464 e. The van der Waals surface area contributed by atoms with Crippen LogP contribution in [0.25, 0.3) is 0 Å². The number of piperazine rings is 1. The summed E-state index contributed by atoms with van der Waals surface area (Å²) in [4.78, 5) is 12.7. The Morgan fingerprint density at radius 3 is 2.35 bits per heavy atom. The molecule has 0 aliphatic carbocycles. The van der Waals surface area contributed by atoms with Gasteiger partial charge in [-0.3, -0.25) is 10.3 Å². The van der Waals surface area contributed by atoms with Crippen molar-refractivity contribution in [3.63, 3.8) is 0 Å². The molecule has 17 heavy (non-hydrogen) atoms. The van der Waals surface area contributed by atoms with Crippen LogP contribution in [0.4, 0.5) is 4.79 Å². The van der Waals surface area contributed by atoms with Crippen LogP contribution in [0.15, 0.2) is 30.3 Å². The van der Waals surface area contributed by atoms with Crippen LogP contribution in [0.3, 0.4) is 0 Å². The van der Waals surface area contributed by atoms with Gasteiger partial charge in [0.15, 0.2) is 0 Å². The molecule has 1 saturated heterocycles. The second-order valence-electron chi connectivity index (χ2n) is 4.15. The van der Waals surface area contributed by atoms with Crippen molar-refractivity contribution < 1.29 is 9.90 Å². The van der Waals surface area contributed by atoms with E-state index in [2.05, 4.69) is 22.5 Å². The molecule has 1 aromatic rings. The Bertz CT molecular complexity index is 361. The zero-order chi connectivity index (χ0) is 12.1. The van der Waals surface area contributed by atoms with Crippen molar-refractivity contribution in [2.75, 3.05) is 26.2 Å².